The zero-order chi connectivity index (χ0) is 14.4. The average Bonchev–Trinajstić information content (AvgIpc) is 2.90. The van der Waals surface area contributed by atoms with Gasteiger partial charge in [0.2, 0.25) is 5.91 Å². The Kier molecular flexibility index (Phi) is 3.30. The molecule has 114 valence electrons. The summed E-state index contributed by atoms with van der Waals surface area (Å²) in [5, 5.41) is 3.17. The molecular weight excluding hydrogens is 282 g/mol. The molecule has 0 aromatic carbocycles. The second-order valence-electron chi connectivity index (χ2n) is 7.21. The van der Waals surface area contributed by atoms with Gasteiger partial charge in [0.1, 0.15) is 0 Å². The first-order valence-electron chi connectivity index (χ1n) is 8.03. The molecule has 3 aliphatic rings. The normalized spacial score (nSPS) is 30.0. The van der Waals surface area contributed by atoms with E-state index in [9.17, 15) is 4.79 Å². The van der Waals surface area contributed by atoms with Gasteiger partial charge in [0.05, 0.1) is 17.2 Å². The fourth-order valence-electron chi connectivity index (χ4n) is 3.92. The molecule has 0 unspecified atom stereocenters. The summed E-state index contributed by atoms with van der Waals surface area (Å²) < 4.78 is 0. The number of nitrogens with zero attached hydrogens (tertiary/aromatic N) is 3. The molecule has 1 amide bonds. The maximum Gasteiger partial charge on any atom is 0.223 e. The number of hydrogen-bond acceptors (Lipinski definition) is 4. The molecule has 4 rings (SSSR count). The summed E-state index contributed by atoms with van der Waals surface area (Å²) in [6.45, 7) is 7.24. The summed E-state index contributed by atoms with van der Waals surface area (Å²) in [6.07, 6.45) is 4.77. The van der Waals surface area contributed by atoms with Gasteiger partial charge >= 0.3 is 0 Å². The summed E-state index contributed by atoms with van der Waals surface area (Å²) in [7, 11) is 0. The summed E-state index contributed by atoms with van der Waals surface area (Å²) in [5.74, 6) is 1.28. The lowest BCUT2D eigenvalue weighted by Crippen LogP contribution is -2.32. The number of likely N-dealkylation sites (tertiary alicyclic amines) is 2. The molecule has 0 bridgehead atoms. The Bertz CT molecular complexity index is 553. The predicted molar refractivity (Wildman–Crippen MR) is 83.1 cm³/mol. The van der Waals surface area contributed by atoms with Crippen LogP contribution in [0.2, 0.25) is 0 Å². The van der Waals surface area contributed by atoms with E-state index in [2.05, 4.69) is 15.3 Å². The highest BCUT2D eigenvalue weighted by Gasteiger charge is 2.47. The minimum absolute atomic E-state index is 0.233. The van der Waals surface area contributed by atoms with E-state index in [1.807, 2.05) is 11.8 Å². The van der Waals surface area contributed by atoms with E-state index in [4.69, 9.17) is 0 Å². The Morgan fingerprint density at radius 3 is 3.00 bits per heavy atom. The van der Waals surface area contributed by atoms with E-state index in [1.54, 1.807) is 11.3 Å². The second-order valence-corrected chi connectivity index (χ2v) is 8.28. The molecule has 5 heteroatoms. The molecule has 2 saturated heterocycles. The Labute approximate surface area is 130 Å². The van der Waals surface area contributed by atoms with Gasteiger partial charge in [-0.1, -0.05) is 0 Å². The molecule has 1 saturated carbocycles. The molecule has 21 heavy (non-hydrogen) atoms. The van der Waals surface area contributed by atoms with Gasteiger partial charge in [-0.3, -0.25) is 4.79 Å². The van der Waals surface area contributed by atoms with Crippen molar-refractivity contribution in [1.82, 2.24) is 14.8 Å². The van der Waals surface area contributed by atoms with Crippen molar-refractivity contribution < 1.29 is 4.79 Å². The van der Waals surface area contributed by atoms with Crippen molar-refractivity contribution in [3.05, 3.63) is 16.1 Å². The van der Waals surface area contributed by atoms with E-state index in [0.29, 0.717) is 12.5 Å². The number of aromatic nitrogens is 1. The first kappa shape index (κ1) is 13.7. The Hall–Kier alpha value is -0.940. The van der Waals surface area contributed by atoms with Crippen LogP contribution < -0.4 is 0 Å². The largest absolute Gasteiger partial charge is 0.336 e. The molecule has 2 aliphatic heterocycles. The molecule has 3 fully saturated rings. The number of rotatable bonds is 4. The van der Waals surface area contributed by atoms with Gasteiger partial charge in [-0.25, -0.2) is 4.98 Å². The van der Waals surface area contributed by atoms with Crippen molar-refractivity contribution in [2.24, 2.45) is 11.3 Å². The molecule has 0 radical (unpaired) electrons. The van der Waals surface area contributed by atoms with Crippen LogP contribution in [0.5, 0.6) is 0 Å². The summed E-state index contributed by atoms with van der Waals surface area (Å²) >= 11 is 1.67. The third-order valence-electron chi connectivity index (χ3n) is 5.16. The zero-order valence-electron chi connectivity index (χ0n) is 12.7. The van der Waals surface area contributed by atoms with Crippen molar-refractivity contribution in [2.75, 3.05) is 26.2 Å². The van der Waals surface area contributed by atoms with Crippen LogP contribution in [0.4, 0.5) is 0 Å². The molecule has 1 atom stereocenters. The number of aryl methyl sites for hydroxylation is 1. The number of hydrogen-bond donors (Lipinski definition) is 0. The lowest BCUT2D eigenvalue weighted by Gasteiger charge is -2.24. The van der Waals surface area contributed by atoms with E-state index in [1.165, 1.54) is 32.4 Å². The standard InChI is InChI=1S/C16H23N3OS/c1-12-17-14(9-21-12)8-19-11-16(6-15(19)20)4-5-18(10-16)7-13-2-3-13/h9,13H,2-8,10-11H2,1H3/t16-/m1/s1. The van der Waals surface area contributed by atoms with Gasteiger partial charge in [-0.15, -0.1) is 11.3 Å². The van der Waals surface area contributed by atoms with Gasteiger partial charge in [0.15, 0.2) is 0 Å². The van der Waals surface area contributed by atoms with Crippen LogP contribution in [0.3, 0.4) is 0 Å². The first-order valence-corrected chi connectivity index (χ1v) is 8.91. The summed E-state index contributed by atoms with van der Waals surface area (Å²) in [4.78, 5) is 21.5. The molecule has 3 heterocycles. The van der Waals surface area contributed by atoms with Crippen LogP contribution in [-0.2, 0) is 11.3 Å². The van der Waals surface area contributed by atoms with Crippen LogP contribution in [-0.4, -0.2) is 46.9 Å². The zero-order valence-corrected chi connectivity index (χ0v) is 13.5. The minimum Gasteiger partial charge on any atom is -0.336 e. The lowest BCUT2D eigenvalue weighted by atomic mass is 9.86. The fraction of sp³-hybridized carbons (Fsp3) is 0.750. The highest BCUT2D eigenvalue weighted by molar-refractivity contribution is 7.09. The van der Waals surface area contributed by atoms with Crippen molar-refractivity contribution in [3.63, 3.8) is 0 Å². The Morgan fingerprint density at radius 1 is 1.43 bits per heavy atom. The van der Waals surface area contributed by atoms with Gasteiger partial charge < -0.3 is 9.80 Å². The topological polar surface area (TPSA) is 36.4 Å². The summed E-state index contributed by atoms with van der Waals surface area (Å²) in [5.41, 5.74) is 1.28. The van der Waals surface area contributed by atoms with Crippen LogP contribution in [0.1, 0.15) is 36.4 Å². The van der Waals surface area contributed by atoms with Gasteiger partial charge in [-0.2, -0.15) is 0 Å². The third-order valence-corrected chi connectivity index (χ3v) is 5.98. The van der Waals surface area contributed by atoms with E-state index >= 15 is 0 Å². The predicted octanol–water partition coefficient (Wildman–Crippen LogP) is 2.29. The molecule has 0 N–H and O–H groups in total. The number of carbonyl (C=O) groups is 1. The monoisotopic (exact) mass is 305 g/mol. The second kappa shape index (κ2) is 5.06. The maximum atomic E-state index is 12.4. The molecule has 1 aromatic heterocycles. The van der Waals surface area contributed by atoms with Crippen molar-refractivity contribution in [3.8, 4) is 0 Å². The van der Waals surface area contributed by atoms with Gasteiger partial charge in [0, 0.05) is 36.9 Å². The van der Waals surface area contributed by atoms with Crippen molar-refractivity contribution in [2.45, 2.75) is 39.2 Å². The minimum atomic E-state index is 0.233. The number of carbonyl (C=O) groups excluding carboxylic acids is 1. The molecule has 1 aliphatic carbocycles. The molecular formula is C16H23N3OS. The highest BCUT2D eigenvalue weighted by Crippen LogP contribution is 2.42. The number of amides is 1. The van der Waals surface area contributed by atoms with Crippen LogP contribution >= 0.6 is 11.3 Å². The maximum absolute atomic E-state index is 12.4. The summed E-state index contributed by atoms with van der Waals surface area (Å²) in [6, 6.07) is 0. The van der Waals surface area contributed by atoms with Crippen LogP contribution in [0.15, 0.2) is 5.38 Å². The molecule has 1 aromatic rings. The van der Waals surface area contributed by atoms with Gasteiger partial charge in [0.25, 0.3) is 0 Å². The van der Waals surface area contributed by atoms with E-state index in [0.717, 1.165) is 36.1 Å². The highest BCUT2D eigenvalue weighted by atomic mass is 32.1. The van der Waals surface area contributed by atoms with E-state index < -0.39 is 0 Å². The quantitative estimate of drug-likeness (QED) is 0.856. The Morgan fingerprint density at radius 2 is 2.29 bits per heavy atom. The third kappa shape index (κ3) is 2.86. The van der Waals surface area contributed by atoms with Gasteiger partial charge in [-0.05, 0) is 38.6 Å². The number of thiazole rings is 1. The lowest BCUT2D eigenvalue weighted by molar-refractivity contribution is -0.128. The first-order chi connectivity index (χ1) is 10.1. The average molecular weight is 305 g/mol. The SMILES string of the molecule is Cc1nc(CN2C[C@]3(CCN(CC4CC4)C3)CC2=O)cs1. The van der Waals surface area contributed by atoms with Crippen molar-refractivity contribution >= 4 is 17.2 Å². The van der Waals surface area contributed by atoms with Crippen LogP contribution in [0, 0.1) is 18.3 Å². The van der Waals surface area contributed by atoms with Crippen LogP contribution in [0.25, 0.3) is 0 Å². The molecule has 1 spiro atoms. The van der Waals surface area contributed by atoms with Crippen molar-refractivity contribution in [1.29, 1.82) is 0 Å². The van der Waals surface area contributed by atoms with E-state index in [-0.39, 0.29) is 5.41 Å². The molecule has 4 nitrogen and oxygen atoms in total. The Balaban J connectivity index is 1.39. The smallest absolute Gasteiger partial charge is 0.223 e. The fourth-order valence-corrected chi connectivity index (χ4v) is 4.53.